The van der Waals surface area contributed by atoms with Gasteiger partial charge in [-0.25, -0.2) is 0 Å². The largest absolute Gasteiger partial charge is 0.425 e. The number of aliphatic hydroxyl groups is 1. The first-order chi connectivity index (χ1) is 15.0. The lowest BCUT2D eigenvalue weighted by atomic mass is 9.74. The molecule has 0 amide bonds. The molecular weight excluding hydrogens is 433 g/mol. The number of carbonyl (C=O) groups is 1. The number of rotatable bonds is 7. The summed E-state index contributed by atoms with van der Waals surface area (Å²) in [5.74, 6) is -0.205. The highest BCUT2D eigenvalue weighted by atomic mass is 32.1. The summed E-state index contributed by atoms with van der Waals surface area (Å²) in [7, 11) is 0. The number of fused-ring (bicyclic) bond motifs is 1. The molecule has 1 aliphatic rings. The first-order valence-corrected chi connectivity index (χ1v) is 12.0. The van der Waals surface area contributed by atoms with Crippen LogP contribution in [0.25, 0.3) is 6.08 Å². The van der Waals surface area contributed by atoms with Gasteiger partial charge >= 0.3 is 6.18 Å². The lowest BCUT2D eigenvalue weighted by molar-refractivity contribution is -0.135. The molecule has 6 heteroatoms. The van der Waals surface area contributed by atoms with Crippen LogP contribution in [0.1, 0.15) is 81.5 Å². The van der Waals surface area contributed by atoms with E-state index in [1.807, 2.05) is 39.8 Å². The molecular formula is C26H31F3O2S. The molecule has 2 aromatic rings. The van der Waals surface area contributed by atoms with Crippen molar-refractivity contribution in [2.45, 2.75) is 72.4 Å². The molecule has 1 heterocycles. The van der Waals surface area contributed by atoms with Gasteiger partial charge in [-0.05, 0) is 103 Å². The first-order valence-electron chi connectivity index (χ1n) is 11.1. The number of halogens is 3. The molecule has 1 aliphatic carbocycles. The van der Waals surface area contributed by atoms with Gasteiger partial charge in [0.25, 0.3) is 0 Å². The van der Waals surface area contributed by atoms with Gasteiger partial charge in [-0.2, -0.15) is 13.2 Å². The molecule has 1 aromatic carbocycles. The Bertz CT molecular complexity index is 1030. The summed E-state index contributed by atoms with van der Waals surface area (Å²) in [5, 5.41) is 9.14. The van der Waals surface area contributed by atoms with Crippen molar-refractivity contribution in [2.75, 3.05) is 6.61 Å². The molecule has 0 bridgehead atoms. The standard InChI is InChI=1S/C26H31F3O2S/c1-5-17-14-18(13-16(2)19(17)7-6-12-30)22(31)8-9-23-20-10-11-25(3,4)15-21(20)24(32-23)26(27,28)29/h8-9,13-14,30H,5-7,10-12,15H2,1-4H3. The van der Waals surface area contributed by atoms with Crippen LogP contribution in [0.4, 0.5) is 13.2 Å². The Morgan fingerprint density at radius 1 is 1.25 bits per heavy atom. The lowest BCUT2D eigenvalue weighted by Gasteiger charge is -2.30. The van der Waals surface area contributed by atoms with Crippen LogP contribution in [-0.2, 0) is 31.9 Å². The number of aryl methyl sites for hydroxylation is 2. The molecule has 2 nitrogen and oxygen atoms in total. The number of thiophene rings is 1. The summed E-state index contributed by atoms with van der Waals surface area (Å²) < 4.78 is 41.0. The van der Waals surface area contributed by atoms with Crippen LogP contribution >= 0.6 is 11.3 Å². The predicted molar refractivity (Wildman–Crippen MR) is 124 cm³/mol. The van der Waals surface area contributed by atoms with Gasteiger partial charge in [0.05, 0.1) is 0 Å². The van der Waals surface area contributed by atoms with Gasteiger partial charge in [0, 0.05) is 17.0 Å². The number of benzene rings is 1. The maximum Gasteiger partial charge on any atom is 0.425 e. The summed E-state index contributed by atoms with van der Waals surface area (Å²) in [6.07, 6.45) is 2.64. The minimum atomic E-state index is -4.38. The van der Waals surface area contributed by atoms with E-state index in [2.05, 4.69) is 0 Å². The number of hydrogen-bond acceptors (Lipinski definition) is 3. The molecule has 0 spiro atoms. The van der Waals surface area contributed by atoms with Crippen LogP contribution in [0.5, 0.6) is 0 Å². The van der Waals surface area contributed by atoms with Gasteiger partial charge in [-0.1, -0.05) is 20.8 Å². The molecule has 0 saturated heterocycles. The molecule has 32 heavy (non-hydrogen) atoms. The maximum absolute atomic E-state index is 13.7. The summed E-state index contributed by atoms with van der Waals surface area (Å²) in [4.78, 5) is 12.9. The average Bonchev–Trinajstić information content (AvgIpc) is 3.07. The zero-order chi connectivity index (χ0) is 23.7. The number of alkyl halides is 3. The number of aliphatic hydroxyl groups excluding tert-OH is 1. The van der Waals surface area contributed by atoms with Crippen molar-refractivity contribution in [3.63, 3.8) is 0 Å². The summed E-state index contributed by atoms with van der Waals surface area (Å²) in [6.45, 7) is 8.11. The van der Waals surface area contributed by atoms with Crippen molar-refractivity contribution in [3.8, 4) is 0 Å². The smallest absolute Gasteiger partial charge is 0.396 e. The predicted octanol–water partition coefficient (Wildman–Crippen LogP) is 6.97. The van der Waals surface area contributed by atoms with Crippen molar-refractivity contribution in [3.05, 3.63) is 61.3 Å². The van der Waals surface area contributed by atoms with E-state index in [0.717, 1.165) is 52.9 Å². The van der Waals surface area contributed by atoms with Gasteiger partial charge < -0.3 is 5.11 Å². The zero-order valence-electron chi connectivity index (χ0n) is 19.2. The quantitative estimate of drug-likeness (QED) is 0.355. The summed E-state index contributed by atoms with van der Waals surface area (Å²) in [5.41, 5.74) is 4.78. The average molecular weight is 465 g/mol. The molecule has 0 saturated carbocycles. The second-order valence-corrected chi connectivity index (χ2v) is 10.5. The molecule has 0 radical (unpaired) electrons. The van der Waals surface area contributed by atoms with Gasteiger partial charge in [0.2, 0.25) is 0 Å². The maximum atomic E-state index is 13.7. The van der Waals surface area contributed by atoms with Crippen LogP contribution in [0.15, 0.2) is 18.2 Å². The Hall–Kier alpha value is -1.92. The fourth-order valence-corrected chi connectivity index (χ4v) is 5.72. The van der Waals surface area contributed by atoms with Crippen LogP contribution < -0.4 is 0 Å². The lowest BCUT2D eigenvalue weighted by Crippen LogP contribution is -2.23. The normalized spacial score (nSPS) is 15.9. The molecule has 0 atom stereocenters. The topological polar surface area (TPSA) is 37.3 Å². The van der Waals surface area contributed by atoms with Crippen LogP contribution in [0, 0.1) is 12.3 Å². The Kier molecular flexibility index (Phi) is 7.35. The van der Waals surface area contributed by atoms with E-state index < -0.39 is 11.1 Å². The fraction of sp³-hybridized carbons (Fsp3) is 0.500. The van der Waals surface area contributed by atoms with E-state index in [9.17, 15) is 18.0 Å². The summed E-state index contributed by atoms with van der Waals surface area (Å²) >= 11 is 0.755. The van der Waals surface area contributed by atoms with Crippen molar-refractivity contribution >= 4 is 23.2 Å². The van der Waals surface area contributed by atoms with E-state index in [0.29, 0.717) is 35.3 Å². The van der Waals surface area contributed by atoms with Crippen LogP contribution in [-0.4, -0.2) is 17.5 Å². The number of allylic oxidation sites excluding steroid dienone is 1. The first kappa shape index (κ1) is 24.7. The molecule has 0 unspecified atom stereocenters. The third-order valence-corrected chi connectivity index (χ3v) is 7.60. The molecule has 174 valence electrons. The van der Waals surface area contributed by atoms with E-state index in [1.54, 1.807) is 6.08 Å². The Labute approximate surface area is 192 Å². The third-order valence-electron chi connectivity index (χ3n) is 6.31. The monoisotopic (exact) mass is 464 g/mol. The molecule has 1 aromatic heterocycles. The number of carbonyl (C=O) groups excluding carboxylic acids is 1. The van der Waals surface area contributed by atoms with Crippen molar-refractivity contribution in [2.24, 2.45) is 5.41 Å². The zero-order valence-corrected chi connectivity index (χ0v) is 20.0. The Morgan fingerprint density at radius 2 is 1.97 bits per heavy atom. The number of ketones is 1. The van der Waals surface area contributed by atoms with Crippen molar-refractivity contribution in [1.29, 1.82) is 0 Å². The van der Waals surface area contributed by atoms with E-state index in [4.69, 9.17) is 5.11 Å². The van der Waals surface area contributed by atoms with E-state index in [-0.39, 0.29) is 17.8 Å². The minimum Gasteiger partial charge on any atom is -0.396 e. The Balaban J connectivity index is 1.92. The van der Waals surface area contributed by atoms with Crippen LogP contribution in [0.2, 0.25) is 0 Å². The second kappa shape index (κ2) is 9.52. The van der Waals surface area contributed by atoms with Crippen molar-refractivity contribution < 1.29 is 23.1 Å². The molecule has 1 N–H and O–H groups in total. The highest BCUT2D eigenvalue weighted by Gasteiger charge is 2.40. The third kappa shape index (κ3) is 5.34. The van der Waals surface area contributed by atoms with Crippen molar-refractivity contribution in [1.82, 2.24) is 0 Å². The van der Waals surface area contributed by atoms with E-state index in [1.165, 1.54) is 6.08 Å². The molecule has 0 fully saturated rings. The Morgan fingerprint density at radius 3 is 2.59 bits per heavy atom. The molecule has 3 rings (SSSR count). The number of hydrogen-bond donors (Lipinski definition) is 1. The van der Waals surface area contributed by atoms with Gasteiger partial charge in [0.1, 0.15) is 4.88 Å². The summed E-state index contributed by atoms with van der Waals surface area (Å²) in [6, 6.07) is 3.71. The highest BCUT2D eigenvalue weighted by Crippen LogP contribution is 2.47. The fourth-order valence-electron chi connectivity index (χ4n) is 4.58. The van der Waals surface area contributed by atoms with Gasteiger partial charge in [-0.15, -0.1) is 11.3 Å². The highest BCUT2D eigenvalue weighted by molar-refractivity contribution is 7.13. The molecule has 0 aliphatic heterocycles. The van der Waals surface area contributed by atoms with Crippen LogP contribution in [0.3, 0.4) is 0 Å². The van der Waals surface area contributed by atoms with E-state index >= 15 is 0 Å². The second-order valence-electron chi connectivity index (χ2n) is 9.40. The minimum absolute atomic E-state index is 0.119. The van der Waals surface area contributed by atoms with Gasteiger partial charge in [0.15, 0.2) is 5.78 Å². The van der Waals surface area contributed by atoms with Gasteiger partial charge in [-0.3, -0.25) is 4.79 Å². The SMILES string of the molecule is CCc1cc(C(=O)C=Cc2sc(C(F)(F)F)c3c2CCC(C)(C)C3)cc(C)c1CCCO.